The highest BCUT2D eigenvalue weighted by Crippen LogP contribution is 2.35. The second kappa shape index (κ2) is 5.62. The van der Waals surface area contributed by atoms with E-state index < -0.39 is 23.4 Å². The normalized spacial score (nSPS) is 21.1. The lowest BCUT2D eigenvalue weighted by atomic mass is 10.1. The van der Waals surface area contributed by atoms with Gasteiger partial charge in [0.05, 0.1) is 0 Å². The van der Waals surface area contributed by atoms with E-state index in [-0.39, 0.29) is 11.7 Å². The van der Waals surface area contributed by atoms with E-state index in [1.165, 1.54) is 0 Å². The molecule has 3 rings (SSSR count). The van der Waals surface area contributed by atoms with Crippen molar-refractivity contribution in [3.8, 4) is 0 Å². The van der Waals surface area contributed by atoms with Crippen molar-refractivity contribution in [2.24, 2.45) is 4.99 Å². The number of hydrogen-bond donors (Lipinski definition) is 2. The van der Waals surface area contributed by atoms with Crippen molar-refractivity contribution >= 4 is 11.6 Å². The summed E-state index contributed by atoms with van der Waals surface area (Å²) in [5.74, 6) is -2.35. The zero-order chi connectivity index (χ0) is 17.6. The predicted molar refractivity (Wildman–Crippen MR) is 77.6 cm³/mol. The number of aliphatic imine (C=N–C) groups is 1. The van der Waals surface area contributed by atoms with E-state index in [9.17, 15) is 22.0 Å². The maximum absolute atomic E-state index is 13.7. The van der Waals surface area contributed by atoms with E-state index in [1.807, 2.05) is 6.92 Å². The quantitative estimate of drug-likeness (QED) is 0.808. The highest BCUT2D eigenvalue weighted by atomic mass is 19.4. The van der Waals surface area contributed by atoms with Gasteiger partial charge in [0.2, 0.25) is 5.96 Å². The highest BCUT2D eigenvalue weighted by molar-refractivity contribution is 5.84. The topological polar surface area (TPSA) is 42.9 Å². The highest BCUT2D eigenvalue weighted by Gasteiger charge is 2.38. The number of hydrazine groups is 1. The lowest BCUT2D eigenvalue weighted by molar-refractivity contribution is -0.142. The molecule has 1 atom stereocenters. The van der Waals surface area contributed by atoms with Crippen LogP contribution in [-0.2, 0) is 6.18 Å². The molecular formula is C14H14F5N5. The summed E-state index contributed by atoms with van der Waals surface area (Å²) in [5.41, 5.74) is -2.03. The SMILES string of the molecule is CC1C=C(Nc2cc(F)c(C(F)(F)F)c(F)c2)N2C(=NCN2C)N1. The van der Waals surface area contributed by atoms with Crippen molar-refractivity contribution in [1.82, 2.24) is 15.3 Å². The van der Waals surface area contributed by atoms with Gasteiger partial charge < -0.3 is 10.6 Å². The van der Waals surface area contributed by atoms with E-state index in [1.54, 1.807) is 23.1 Å². The van der Waals surface area contributed by atoms with Crippen LogP contribution in [0.25, 0.3) is 0 Å². The molecule has 0 aliphatic carbocycles. The van der Waals surface area contributed by atoms with Crippen LogP contribution in [0.1, 0.15) is 12.5 Å². The molecule has 2 aliphatic rings. The summed E-state index contributed by atoms with van der Waals surface area (Å²) >= 11 is 0. The van der Waals surface area contributed by atoms with Crippen LogP contribution >= 0.6 is 0 Å². The van der Waals surface area contributed by atoms with Gasteiger partial charge in [-0.15, -0.1) is 0 Å². The summed E-state index contributed by atoms with van der Waals surface area (Å²) < 4.78 is 65.3. The number of alkyl halides is 3. The Bertz CT molecular complexity index is 704. The lowest BCUT2D eigenvalue weighted by Crippen LogP contribution is -2.52. The van der Waals surface area contributed by atoms with E-state index in [0.29, 0.717) is 30.6 Å². The number of fused-ring (bicyclic) bond motifs is 1. The second-order valence-electron chi connectivity index (χ2n) is 5.52. The van der Waals surface area contributed by atoms with E-state index in [2.05, 4.69) is 15.6 Å². The van der Waals surface area contributed by atoms with Crippen molar-refractivity contribution in [3.05, 3.63) is 41.2 Å². The number of rotatable bonds is 2. The molecule has 0 fully saturated rings. The monoisotopic (exact) mass is 347 g/mol. The van der Waals surface area contributed by atoms with Crippen LogP contribution in [0.15, 0.2) is 29.0 Å². The number of anilines is 1. The summed E-state index contributed by atoms with van der Waals surface area (Å²) in [6.45, 7) is 2.22. The molecule has 2 N–H and O–H groups in total. The fourth-order valence-electron chi connectivity index (χ4n) is 2.58. The van der Waals surface area contributed by atoms with Gasteiger partial charge in [0.15, 0.2) is 0 Å². The standard InChI is InChI=1S/C14H14F5N5/c1-7-3-11(24-13(21-7)20-6-23(24)2)22-8-4-9(15)12(10(16)5-8)14(17,18)19/h3-5,7,22H,6H2,1-2H3,(H,20,21). The molecule has 0 saturated heterocycles. The van der Waals surface area contributed by atoms with Gasteiger partial charge >= 0.3 is 6.18 Å². The smallest absolute Gasteiger partial charge is 0.349 e. The molecule has 0 saturated carbocycles. The summed E-state index contributed by atoms with van der Waals surface area (Å²) in [4.78, 5) is 4.24. The first kappa shape index (κ1) is 16.5. The maximum atomic E-state index is 13.7. The van der Waals surface area contributed by atoms with E-state index in [4.69, 9.17) is 0 Å². The van der Waals surface area contributed by atoms with Crippen LogP contribution in [0.4, 0.5) is 27.6 Å². The summed E-state index contributed by atoms with van der Waals surface area (Å²) in [5, 5.41) is 9.21. The van der Waals surface area contributed by atoms with Crippen LogP contribution in [0, 0.1) is 11.6 Å². The Kier molecular flexibility index (Phi) is 3.86. The molecule has 0 aromatic heterocycles. The number of nitrogens with zero attached hydrogens (tertiary/aromatic N) is 3. The first-order valence-electron chi connectivity index (χ1n) is 7.04. The zero-order valence-electron chi connectivity index (χ0n) is 12.7. The van der Waals surface area contributed by atoms with Crippen molar-refractivity contribution in [2.75, 3.05) is 19.0 Å². The van der Waals surface area contributed by atoms with Crippen LogP contribution in [0.2, 0.25) is 0 Å². The number of halogens is 5. The number of nitrogens with one attached hydrogen (secondary N) is 2. The Labute approximate surface area is 134 Å². The lowest BCUT2D eigenvalue weighted by Gasteiger charge is -2.35. The minimum atomic E-state index is -5.09. The number of benzene rings is 1. The largest absolute Gasteiger partial charge is 0.422 e. The summed E-state index contributed by atoms with van der Waals surface area (Å²) in [6.07, 6.45) is -3.36. The van der Waals surface area contributed by atoms with Gasteiger partial charge in [-0.2, -0.15) is 18.2 Å². The summed E-state index contributed by atoms with van der Waals surface area (Å²) in [7, 11) is 1.75. The predicted octanol–water partition coefficient (Wildman–Crippen LogP) is 2.70. The van der Waals surface area contributed by atoms with Crippen LogP contribution < -0.4 is 10.6 Å². The van der Waals surface area contributed by atoms with Gasteiger partial charge in [0.1, 0.15) is 29.7 Å². The van der Waals surface area contributed by atoms with Crippen LogP contribution in [-0.4, -0.2) is 35.7 Å². The molecule has 1 aromatic rings. The molecule has 0 spiro atoms. The van der Waals surface area contributed by atoms with E-state index in [0.717, 1.165) is 0 Å². The molecule has 2 heterocycles. The van der Waals surface area contributed by atoms with Gasteiger partial charge in [0.25, 0.3) is 0 Å². The molecule has 0 amide bonds. The second-order valence-corrected chi connectivity index (χ2v) is 5.52. The Morgan fingerprint density at radius 3 is 2.46 bits per heavy atom. The minimum absolute atomic E-state index is 0.113. The summed E-state index contributed by atoms with van der Waals surface area (Å²) in [6, 6.07) is 1.12. The first-order valence-corrected chi connectivity index (χ1v) is 7.04. The van der Waals surface area contributed by atoms with Gasteiger partial charge in [-0.25, -0.2) is 18.8 Å². The number of guanidine groups is 1. The molecule has 0 radical (unpaired) electrons. The van der Waals surface area contributed by atoms with Crippen molar-refractivity contribution in [1.29, 1.82) is 0 Å². The molecule has 10 heteroatoms. The van der Waals surface area contributed by atoms with E-state index >= 15 is 0 Å². The van der Waals surface area contributed by atoms with Gasteiger partial charge in [-0.3, -0.25) is 0 Å². The molecular weight excluding hydrogens is 333 g/mol. The van der Waals surface area contributed by atoms with Crippen LogP contribution in [0.3, 0.4) is 0 Å². The molecule has 0 bridgehead atoms. The Hall–Kier alpha value is -2.36. The average molecular weight is 347 g/mol. The van der Waals surface area contributed by atoms with Gasteiger partial charge in [0, 0.05) is 18.8 Å². The number of hydrogen-bond acceptors (Lipinski definition) is 5. The molecule has 24 heavy (non-hydrogen) atoms. The Balaban J connectivity index is 1.92. The van der Waals surface area contributed by atoms with Crippen LogP contribution in [0.5, 0.6) is 0 Å². The molecule has 5 nitrogen and oxygen atoms in total. The minimum Gasteiger partial charge on any atom is -0.349 e. The van der Waals surface area contributed by atoms with Crippen molar-refractivity contribution in [2.45, 2.75) is 19.1 Å². The Morgan fingerprint density at radius 1 is 1.25 bits per heavy atom. The van der Waals surface area contributed by atoms with Gasteiger partial charge in [-0.1, -0.05) is 0 Å². The molecule has 2 aliphatic heterocycles. The third kappa shape index (κ3) is 2.88. The fraction of sp³-hybridized carbons (Fsp3) is 0.357. The third-order valence-corrected chi connectivity index (χ3v) is 3.56. The zero-order valence-corrected chi connectivity index (χ0v) is 12.7. The van der Waals surface area contributed by atoms with Gasteiger partial charge in [-0.05, 0) is 25.1 Å². The average Bonchev–Trinajstić information content (AvgIpc) is 2.77. The molecule has 130 valence electrons. The Morgan fingerprint density at radius 2 is 1.88 bits per heavy atom. The van der Waals surface area contributed by atoms with Crippen molar-refractivity contribution < 1.29 is 22.0 Å². The maximum Gasteiger partial charge on any atom is 0.422 e. The van der Waals surface area contributed by atoms with Crippen molar-refractivity contribution in [3.63, 3.8) is 0 Å². The fourth-order valence-corrected chi connectivity index (χ4v) is 2.58. The first-order chi connectivity index (χ1) is 11.2. The molecule has 1 unspecified atom stereocenters. The molecule has 1 aromatic carbocycles. The third-order valence-electron chi connectivity index (χ3n) is 3.56.